The summed E-state index contributed by atoms with van der Waals surface area (Å²) in [7, 11) is 0. The van der Waals surface area contributed by atoms with Crippen LogP contribution >= 0.6 is 0 Å². The van der Waals surface area contributed by atoms with Crippen LogP contribution in [0, 0.1) is 11.3 Å². The highest BCUT2D eigenvalue weighted by molar-refractivity contribution is 6.25. The number of para-hydroxylation sites is 1. The lowest BCUT2D eigenvalue weighted by Crippen LogP contribution is -2.04. The lowest BCUT2D eigenvalue weighted by molar-refractivity contribution is 0.673. The van der Waals surface area contributed by atoms with Crippen LogP contribution in [0.4, 0.5) is 0 Å². The summed E-state index contributed by atoms with van der Waals surface area (Å²) in [6.45, 7) is 0. The maximum absolute atomic E-state index is 10.8. The van der Waals surface area contributed by atoms with Crippen LogP contribution in [0.15, 0.2) is 223 Å². The molecule has 298 valence electrons. The third kappa shape index (κ3) is 6.00. The highest BCUT2D eigenvalue weighted by atomic mass is 16.3. The number of benzene rings is 9. The molecular weight excluding hydrogens is 781 g/mol. The van der Waals surface area contributed by atoms with Gasteiger partial charge in [0.1, 0.15) is 22.8 Å². The molecule has 0 aliphatic heterocycles. The predicted molar refractivity (Wildman–Crippen MR) is 261 cm³/mol. The molecule has 0 N–H and O–H groups in total. The van der Waals surface area contributed by atoms with Crippen LogP contribution in [0.3, 0.4) is 0 Å². The van der Waals surface area contributed by atoms with Crippen molar-refractivity contribution in [1.29, 1.82) is 5.26 Å². The zero-order valence-corrected chi connectivity index (χ0v) is 34.5. The molecule has 64 heavy (non-hydrogen) atoms. The van der Waals surface area contributed by atoms with E-state index in [1.54, 1.807) is 0 Å². The van der Waals surface area contributed by atoms with E-state index in [9.17, 15) is 5.26 Å². The van der Waals surface area contributed by atoms with E-state index in [4.69, 9.17) is 14.4 Å². The Bertz CT molecular complexity index is 3700. The van der Waals surface area contributed by atoms with E-state index in [0.717, 1.165) is 99.5 Å². The molecule has 0 aliphatic rings. The fraction of sp³-hybridized carbons (Fsp3) is 0. The Morgan fingerprint density at radius 3 is 1.53 bits per heavy atom. The van der Waals surface area contributed by atoms with Crippen molar-refractivity contribution in [1.82, 2.24) is 14.5 Å². The highest BCUT2D eigenvalue weighted by Crippen LogP contribution is 2.46. The smallest absolute Gasteiger partial charge is 0.161 e. The van der Waals surface area contributed by atoms with Gasteiger partial charge in [0.25, 0.3) is 0 Å². The van der Waals surface area contributed by atoms with Gasteiger partial charge in [0, 0.05) is 38.4 Å². The molecule has 5 heteroatoms. The van der Waals surface area contributed by atoms with Gasteiger partial charge in [-0.05, 0) is 64.2 Å². The molecule has 0 bridgehead atoms. The van der Waals surface area contributed by atoms with E-state index < -0.39 is 0 Å². The van der Waals surface area contributed by atoms with E-state index in [2.05, 4.69) is 162 Å². The topological polar surface area (TPSA) is 67.6 Å². The normalized spacial score (nSPS) is 11.4. The monoisotopic (exact) mass is 816 g/mol. The molecule has 0 fully saturated rings. The Hall–Kier alpha value is -8.85. The molecule has 12 rings (SSSR count). The standard InChI is InChI=1S/C59H36N4O/c60-37-49-56(41-25-12-4-13-26-41)61-59(62-57(49)42-27-14-5-15-28-42)48-36-52(47(40-23-10-3-11-24-40)35-46(48)39-21-8-2-9-22-39)63-50-31-17-16-29-44(50)55-51(63)34-33-45-54-43(38-19-6-1-7-20-38)30-18-32-53(54)64-58(45)55/h1-36H. The molecular formula is C59H36N4O. The highest BCUT2D eigenvalue weighted by Gasteiger charge is 2.26. The van der Waals surface area contributed by atoms with Gasteiger partial charge in [-0.25, -0.2) is 9.97 Å². The van der Waals surface area contributed by atoms with Gasteiger partial charge in [-0.1, -0.05) is 182 Å². The van der Waals surface area contributed by atoms with E-state index >= 15 is 0 Å². The molecule has 0 aliphatic carbocycles. The van der Waals surface area contributed by atoms with Crippen molar-refractivity contribution < 1.29 is 4.42 Å². The van der Waals surface area contributed by atoms with Crippen LogP contribution < -0.4 is 0 Å². The summed E-state index contributed by atoms with van der Waals surface area (Å²) in [5.41, 5.74) is 15.2. The summed E-state index contributed by atoms with van der Waals surface area (Å²) in [4.78, 5) is 10.7. The Morgan fingerprint density at radius 2 is 0.938 bits per heavy atom. The van der Waals surface area contributed by atoms with Gasteiger partial charge in [0.05, 0.1) is 33.5 Å². The first-order valence-electron chi connectivity index (χ1n) is 21.4. The Labute approximate surface area is 369 Å². The first kappa shape index (κ1) is 37.0. The predicted octanol–water partition coefficient (Wildman–Crippen LogP) is 15.3. The van der Waals surface area contributed by atoms with Crippen molar-refractivity contribution in [3.05, 3.63) is 224 Å². The van der Waals surface area contributed by atoms with Crippen LogP contribution in [-0.4, -0.2) is 14.5 Å². The zero-order chi connectivity index (χ0) is 42.6. The number of fused-ring (bicyclic) bond motifs is 7. The zero-order valence-electron chi connectivity index (χ0n) is 34.5. The van der Waals surface area contributed by atoms with Crippen molar-refractivity contribution >= 4 is 43.7 Å². The molecule has 3 heterocycles. The van der Waals surface area contributed by atoms with Crippen molar-refractivity contribution in [3.8, 4) is 79.0 Å². The molecule has 0 saturated heterocycles. The van der Waals surface area contributed by atoms with Gasteiger partial charge < -0.3 is 8.98 Å². The van der Waals surface area contributed by atoms with Crippen molar-refractivity contribution in [2.45, 2.75) is 0 Å². The molecule has 0 saturated carbocycles. The molecule has 0 unspecified atom stereocenters. The fourth-order valence-corrected chi connectivity index (χ4v) is 9.41. The minimum atomic E-state index is 0.427. The van der Waals surface area contributed by atoms with Gasteiger partial charge in [-0.15, -0.1) is 0 Å². The molecule has 0 radical (unpaired) electrons. The van der Waals surface area contributed by atoms with Crippen molar-refractivity contribution in [3.63, 3.8) is 0 Å². The summed E-state index contributed by atoms with van der Waals surface area (Å²) in [5.74, 6) is 0.519. The quantitative estimate of drug-likeness (QED) is 0.161. The Balaban J connectivity index is 1.21. The van der Waals surface area contributed by atoms with Gasteiger partial charge in [-0.3, -0.25) is 0 Å². The number of furan rings is 1. The summed E-state index contributed by atoms with van der Waals surface area (Å²) in [6.07, 6.45) is 0. The van der Waals surface area contributed by atoms with E-state index in [1.165, 1.54) is 0 Å². The summed E-state index contributed by atoms with van der Waals surface area (Å²) < 4.78 is 9.31. The minimum Gasteiger partial charge on any atom is -0.455 e. The second-order valence-corrected chi connectivity index (χ2v) is 15.9. The van der Waals surface area contributed by atoms with Gasteiger partial charge in [-0.2, -0.15) is 5.26 Å². The Morgan fingerprint density at radius 1 is 0.406 bits per heavy atom. The number of rotatable bonds is 7. The van der Waals surface area contributed by atoms with E-state index in [-0.39, 0.29) is 0 Å². The first-order valence-corrected chi connectivity index (χ1v) is 21.4. The van der Waals surface area contributed by atoms with E-state index in [1.807, 2.05) is 66.7 Å². The van der Waals surface area contributed by atoms with Crippen LogP contribution in [0.2, 0.25) is 0 Å². The third-order valence-electron chi connectivity index (χ3n) is 12.3. The molecule has 5 nitrogen and oxygen atoms in total. The maximum atomic E-state index is 10.8. The number of hydrogen-bond donors (Lipinski definition) is 0. The van der Waals surface area contributed by atoms with Gasteiger partial charge in [0.2, 0.25) is 0 Å². The van der Waals surface area contributed by atoms with Crippen molar-refractivity contribution in [2.24, 2.45) is 0 Å². The van der Waals surface area contributed by atoms with Crippen LogP contribution in [0.5, 0.6) is 0 Å². The second kappa shape index (κ2) is 15.3. The van der Waals surface area contributed by atoms with E-state index in [0.29, 0.717) is 22.8 Å². The van der Waals surface area contributed by atoms with Gasteiger partial charge >= 0.3 is 0 Å². The van der Waals surface area contributed by atoms with Crippen LogP contribution in [-0.2, 0) is 0 Å². The lowest BCUT2D eigenvalue weighted by Gasteiger charge is -2.20. The average Bonchev–Trinajstić information content (AvgIpc) is 3.93. The maximum Gasteiger partial charge on any atom is 0.161 e. The SMILES string of the molecule is N#Cc1c(-c2ccccc2)nc(-c2cc(-n3c4ccccc4c4c5oc6cccc(-c7ccccc7)c6c5ccc43)c(-c3ccccc3)cc2-c2ccccc2)nc1-c1ccccc1. The lowest BCUT2D eigenvalue weighted by atomic mass is 9.91. The molecule has 3 aromatic heterocycles. The molecule has 9 aromatic carbocycles. The molecule has 0 amide bonds. The minimum absolute atomic E-state index is 0.427. The molecule has 0 spiro atoms. The largest absolute Gasteiger partial charge is 0.455 e. The molecule has 12 aromatic rings. The van der Waals surface area contributed by atoms with Crippen LogP contribution in [0.25, 0.3) is 117 Å². The Kier molecular flexibility index (Phi) is 8.81. The second-order valence-electron chi connectivity index (χ2n) is 15.9. The third-order valence-corrected chi connectivity index (χ3v) is 12.3. The van der Waals surface area contributed by atoms with Crippen LogP contribution in [0.1, 0.15) is 5.56 Å². The van der Waals surface area contributed by atoms with Crippen molar-refractivity contribution in [2.75, 3.05) is 0 Å². The first-order chi connectivity index (χ1) is 31.7. The summed E-state index contributed by atoms with van der Waals surface area (Å²) in [6, 6.07) is 77.8. The van der Waals surface area contributed by atoms with Gasteiger partial charge in [0.15, 0.2) is 5.82 Å². The number of nitriles is 1. The number of hydrogen-bond acceptors (Lipinski definition) is 4. The number of aromatic nitrogens is 3. The fourth-order valence-electron chi connectivity index (χ4n) is 9.41. The summed E-state index contributed by atoms with van der Waals surface area (Å²) in [5, 5.41) is 15.1. The summed E-state index contributed by atoms with van der Waals surface area (Å²) >= 11 is 0. The average molecular weight is 817 g/mol. The number of nitrogens with zero attached hydrogens (tertiary/aromatic N) is 4. The molecule has 0 atom stereocenters.